The molecule has 2 unspecified atom stereocenters. The molecular formula is C13H21N3O4. The molecule has 0 aromatic rings. The number of amides is 4. The normalized spacial score (nSPS) is 23.6. The summed E-state index contributed by atoms with van der Waals surface area (Å²) in [5.74, 6) is -0.852. The van der Waals surface area contributed by atoms with Crippen LogP contribution in [-0.4, -0.2) is 35.7 Å². The zero-order valence-corrected chi connectivity index (χ0v) is 12.2. The minimum Gasteiger partial charge on any atom is -0.444 e. The first kappa shape index (κ1) is 16.0. The average Bonchev–Trinajstić information content (AvgIpc) is 2.59. The van der Waals surface area contributed by atoms with E-state index in [1.54, 1.807) is 33.8 Å². The lowest BCUT2D eigenvalue weighted by Crippen LogP contribution is -2.59. The van der Waals surface area contributed by atoms with E-state index in [0.29, 0.717) is 0 Å². The van der Waals surface area contributed by atoms with Crippen LogP contribution in [0.3, 0.4) is 0 Å². The Morgan fingerprint density at radius 2 is 2.10 bits per heavy atom. The summed E-state index contributed by atoms with van der Waals surface area (Å²) < 4.78 is 5.10. The van der Waals surface area contributed by atoms with E-state index in [4.69, 9.17) is 4.74 Å². The molecule has 1 heterocycles. The smallest absolute Gasteiger partial charge is 0.407 e. The van der Waals surface area contributed by atoms with E-state index in [9.17, 15) is 14.4 Å². The van der Waals surface area contributed by atoms with Gasteiger partial charge in [-0.3, -0.25) is 10.1 Å². The number of ether oxygens (including phenoxy) is 1. The molecule has 0 spiro atoms. The molecule has 3 N–H and O–H groups in total. The van der Waals surface area contributed by atoms with Crippen molar-refractivity contribution in [3.8, 4) is 0 Å². The molecule has 2 atom stereocenters. The molecule has 0 saturated carbocycles. The van der Waals surface area contributed by atoms with Crippen molar-refractivity contribution in [1.82, 2.24) is 16.0 Å². The number of imide groups is 1. The molecule has 0 aromatic carbocycles. The average molecular weight is 283 g/mol. The number of rotatable bonds is 4. The molecule has 0 radical (unpaired) electrons. The Balaban J connectivity index is 2.78. The summed E-state index contributed by atoms with van der Waals surface area (Å²) in [5.41, 5.74) is -1.88. The molecule has 7 nitrogen and oxygen atoms in total. The predicted molar refractivity (Wildman–Crippen MR) is 73.0 cm³/mol. The van der Waals surface area contributed by atoms with Crippen molar-refractivity contribution in [3.63, 3.8) is 0 Å². The Morgan fingerprint density at radius 3 is 2.50 bits per heavy atom. The Morgan fingerprint density at radius 1 is 1.50 bits per heavy atom. The van der Waals surface area contributed by atoms with E-state index >= 15 is 0 Å². The fourth-order valence-electron chi connectivity index (χ4n) is 1.84. The largest absolute Gasteiger partial charge is 0.444 e. The van der Waals surface area contributed by atoms with Crippen molar-refractivity contribution < 1.29 is 19.1 Å². The van der Waals surface area contributed by atoms with Crippen LogP contribution in [0.1, 0.15) is 27.7 Å². The highest BCUT2D eigenvalue weighted by Crippen LogP contribution is 2.22. The molecule has 0 bridgehead atoms. The van der Waals surface area contributed by atoms with Crippen molar-refractivity contribution in [1.29, 1.82) is 0 Å². The van der Waals surface area contributed by atoms with Gasteiger partial charge in [0.1, 0.15) is 11.1 Å². The third-order valence-electron chi connectivity index (χ3n) is 3.01. The number of alkyl carbamates (subject to hydrolysis) is 1. The molecule has 7 heteroatoms. The number of hydrogen-bond donors (Lipinski definition) is 3. The number of hydrogen-bond acceptors (Lipinski definition) is 4. The molecule has 1 rings (SSSR count). The van der Waals surface area contributed by atoms with Gasteiger partial charge >= 0.3 is 12.1 Å². The summed E-state index contributed by atoms with van der Waals surface area (Å²) in [7, 11) is 0. The molecule has 112 valence electrons. The minimum absolute atomic E-state index is 0.0767. The first-order valence-corrected chi connectivity index (χ1v) is 6.34. The zero-order chi connectivity index (χ0) is 15.6. The lowest BCUT2D eigenvalue weighted by Gasteiger charge is -2.31. The van der Waals surface area contributed by atoms with Crippen LogP contribution in [0.4, 0.5) is 9.59 Å². The minimum atomic E-state index is -1.24. The van der Waals surface area contributed by atoms with Gasteiger partial charge in [-0.05, 0) is 20.8 Å². The van der Waals surface area contributed by atoms with Crippen LogP contribution in [0.5, 0.6) is 0 Å². The van der Waals surface area contributed by atoms with Gasteiger partial charge in [-0.1, -0.05) is 13.0 Å². The first-order chi connectivity index (χ1) is 9.10. The Labute approximate surface area is 118 Å². The van der Waals surface area contributed by atoms with Crippen molar-refractivity contribution >= 4 is 18.0 Å². The van der Waals surface area contributed by atoms with E-state index in [0.717, 1.165) is 0 Å². The lowest BCUT2D eigenvalue weighted by atomic mass is 9.85. The van der Waals surface area contributed by atoms with Crippen LogP contribution in [0, 0.1) is 5.92 Å². The van der Waals surface area contributed by atoms with Crippen molar-refractivity contribution in [2.45, 2.75) is 38.8 Å². The van der Waals surface area contributed by atoms with Gasteiger partial charge in [0.05, 0.1) is 6.54 Å². The Kier molecular flexibility index (Phi) is 4.42. The fraction of sp³-hybridized carbons (Fsp3) is 0.615. The zero-order valence-electron chi connectivity index (χ0n) is 12.2. The second kappa shape index (κ2) is 5.52. The fourth-order valence-corrected chi connectivity index (χ4v) is 1.84. The topological polar surface area (TPSA) is 96.5 Å². The number of nitrogens with one attached hydrogen (secondary N) is 3. The third kappa shape index (κ3) is 3.49. The summed E-state index contributed by atoms with van der Waals surface area (Å²) in [5, 5.41) is 7.21. The second-order valence-electron chi connectivity index (χ2n) is 5.76. The third-order valence-corrected chi connectivity index (χ3v) is 3.01. The summed E-state index contributed by atoms with van der Waals surface area (Å²) in [6.07, 6.45) is 0.893. The summed E-state index contributed by atoms with van der Waals surface area (Å²) in [6.45, 7) is 10.5. The second-order valence-corrected chi connectivity index (χ2v) is 5.76. The highest BCUT2D eigenvalue weighted by Gasteiger charge is 2.49. The highest BCUT2D eigenvalue weighted by atomic mass is 16.6. The molecule has 1 aliphatic rings. The molecule has 20 heavy (non-hydrogen) atoms. The SMILES string of the molecule is C=CC(C)C1(CNC(=O)OC(C)(C)C)NC(=O)NC1=O. The molecule has 1 fully saturated rings. The Hall–Kier alpha value is -2.05. The van der Waals surface area contributed by atoms with Crippen molar-refractivity contribution in [2.75, 3.05) is 6.54 Å². The predicted octanol–water partition coefficient (Wildman–Crippen LogP) is 0.911. The highest BCUT2D eigenvalue weighted by molar-refractivity contribution is 6.07. The Bertz CT molecular complexity index is 441. The maximum Gasteiger partial charge on any atom is 0.407 e. The van der Waals surface area contributed by atoms with E-state index in [1.165, 1.54) is 0 Å². The monoisotopic (exact) mass is 283 g/mol. The van der Waals surface area contributed by atoms with Crippen LogP contribution in [0.2, 0.25) is 0 Å². The first-order valence-electron chi connectivity index (χ1n) is 6.34. The van der Waals surface area contributed by atoms with Gasteiger partial charge in [0.2, 0.25) is 0 Å². The lowest BCUT2D eigenvalue weighted by molar-refractivity contribution is -0.124. The van der Waals surface area contributed by atoms with Crippen LogP contribution >= 0.6 is 0 Å². The molecule has 0 aliphatic carbocycles. The van der Waals surface area contributed by atoms with E-state index < -0.39 is 29.2 Å². The van der Waals surface area contributed by atoms with Gasteiger partial charge in [-0.15, -0.1) is 6.58 Å². The van der Waals surface area contributed by atoms with E-state index in [-0.39, 0.29) is 12.5 Å². The van der Waals surface area contributed by atoms with Gasteiger partial charge in [0.15, 0.2) is 0 Å². The maximum atomic E-state index is 12.0. The molecule has 1 saturated heterocycles. The van der Waals surface area contributed by atoms with Gasteiger partial charge in [0.25, 0.3) is 5.91 Å². The van der Waals surface area contributed by atoms with Gasteiger partial charge in [0, 0.05) is 5.92 Å². The summed E-state index contributed by atoms with van der Waals surface area (Å²) in [4.78, 5) is 35.0. The van der Waals surface area contributed by atoms with Gasteiger partial charge in [-0.2, -0.15) is 0 Å². The van der Waals surface area contributed by atoms with Crippen molar-refractivity contribution in [3.05, 3.63) is 12.7 Å². The van der Waals surface area contributed by atoms with E-state index in [2.05, 4.69) is 22.5 Å². The molecular weight excluding hydrogens is 262 g/mol. The molecule has 1 aliphatic heterocycles. The molecule has 4 amide bonds. The van der Waals surface area contributed by atoms with Gasteiger partial charge < -0.3 is 15.4 Å². The van der Waals surface area contributed by atoms with Crippen LogP contribution in [-0.2, 0) is 9.53 Å². The maximum absolute atomic E-state index is 12.0. The summed E-state index contributed by atoms with van der Waals surface area (Å²) in [6, 6.07) is -0.588. The van der Waals surface area contributed by atoms with Crippen LogP contribution in [0.15, 0.2) is 12.7 Å². The molecule has 0 aromatic heterocycles. The van der Waals surface area contributed by atoms with Crippen molar-refractivity contribution in [2.24, 2.45) is 5.92 Å². The standard InChI is InChI=1S/C13H21N3O4/c1-6-8(2)13(9(17)15-10(18)16-13)7-14-11(19)20-12(3,4)5/h6,8H,1,7H2,2-5H3,(H,14,19)(H2,15,16,17,18). The van der Waals surface area contributed by atoms with Crippen LogP contribution in [0.25, 0.3) is 0 Å². The summed E-state index contributed by atoms with van der Waals surface area (Å²) >= 11 is 0. The van der Waals surface area contributed by atoms with E-state index in [1.807, 2.05) is 0 Å². The van der Waals surface area contributed by atoms with Gasteiger partial charge in [-0.25, -0.2) is 9.59 Å². The number of carbonyl (C=O) groups is 3. The quantitative estimate of drug-likeness (QED) is 0.528. The number of urea groups is 1. The number of carbonyl (C=O) groups excluding carboxylic acids is 3. The van der Waals surface area contributed by atoms with Crippen LogP contribution < -0.4 is 16.0 Å².